The van der Waals surface area contributed by atoms with Gasteiger partial charge in [-0.3, -0.25) is 0 Å². The Hall–Kier alpha value is -0.0400. The van der Waals surface area contributed by atoms with Crippen LogP contribution in [0.1, 0.15) is 58.8 Å². The molecule has 1 N–H and O–H groups in total. The van der Waals surface area contributed by atoms with Crippen LogP contribution in [0.15, 0.2) is 0 Å². The van der Waals surface area contributed by atoms with Crippen molar-refractivity contribution < 1.29 is 0 Å². The molecule has 2 rings (SSSR count). The van der Waals surface area contributed by atoms with Crippen LogP contribution in [0.3, 0.4) is 0 Å². The van der Waals surface area contributed by atoms with E-state index in [9.17, 15) is 0 Å². The number of hydrogen-bond donors (Lipinski definition) is 1. The average molecular weight is 209 g/mol. The second-order valence-corrected chi connectivity index (χ2v) is 5.81. The van der Waals surface area contributed by atoms with Gasteiger partial charge in [0.15, 0.2) is 0 Å². The smallest absolute Gasteiger partial charge is 0.0100 e. The van der Waals surface area contributed by atoms with Gasteiger partial charge >= 0.3 is 0 Å². The summed E-state index contributed by atoms with van der Waals surface area (Å²) in [7, 11) is 0. The molecular weight excluding hydrogens is 182 g/mol. The van der Waals surface area contributed by atoms with Crippen molar-refractivity contribution in [2.75, 3.05) is 6.54 Å². The highest BCUT2D eigenvalue weighted by Gasteiger charge is 2.32. The van der Waals surface area contributed by atoms with E-state index in [0.717, 1.165) is 23.8 Å². The van der Waals surface area contributed by atoms with Crippen molar-refractivity contribution in [1.29, 1.82) is 0 Å². The first kappa shape index (κ1) is 11.4. The maximum absolute atomic E-state index is 3.78. The number of hydrogen-bond acceptors (Lipinski definition) is 1. The third-order valence-corrected chi connectivity index (χ3v) is 4.71. The zero-order valence-electron chi connectivity index (χ0n) is 10.5. The van der Waals surface area contributed by atoms with E-state index < -0.39 is 0 Å². The summed E-state index contributed by atoms with van der Waals surface area (Å²) in [5.74, 6) is 2.96. The first-order valence-corrected chi connectivity index (χ1v) is 7.04. The van der Waals surface area contributed by atoms with Crippen molar-refractivity contribution in [2.45, 2.75) is 64.8 Å². The van der Waals surface area contributed by atoms with Crippen LogP contribution in [0.5, 0.6) is 0 Å². The summed E-state index contributed by atoms with van der Waals surface area (Å²) in [4.78, 5) is 0. The second kappa shape index (κ2) is 5.34. The van der Waals surface area contributed by atoms with E-state index in [0.29, 0.717) is 0 Å². The van der Waals surface area contributed by atoms with E-state index >= 15 is 0 Å². The van der Waals surface area contributed by atoms with Crippen LogP contribution in [-0.2, 0) is 0 Å². The molecule has 1 heteroatoms. The number of piperidine rings is 1. The lowest BCUT2D eigenvalue weighted by Gasteiger charge is -2.40. The molecule has 15 heavy (non-hydrogen) atoms. The molecule has 0 radical (unpaired) electrons. The van der Waals surface area contributed by atoms with Gasteiger partial charge in [-0.1, -0.05) is 39.5 Å². The lowest BCUT2D eigenvalue weighted by Crippen LogP contribution is -2.45. The molecule has 1 heterocycles. The van der Waals surface area contributed by atoms with Crippen molar-refractivity contribution in [3.63, 3.8) is 0 Å². The van der Waals surface area contributed by atoms with E-state index in [1.54, 1.807) is 0 Å². The first-order valence-electron chi connectivity index (χ1n) is 7.04. The largest absolute Gasteiger partial charge is 0.314 e. The van der Waals surface area contributed by atoms with Gasteiger partial charge in [-0.25, -0.2) is 0 Å². The Morgan fingerprint density at radius 1 is 1.13 bits per heavy atom. The topological polar surface area (TPSA) is 12.0 Å². The SMILES string of the molecule is CCC1CCCCC1C1CC(C)CCN1. The highest BCUT2D eigenvalue weighted by atomic mass is 14.9. The summed E-state index contributed by atoms with van der Waals surface area (Å²) in [6.07, 6.45) is 10.2. The third-order valence-electron chi connectivity index (χ3n) is 4.71. The van der Waals surface area contributed by atoms with Gasteiger partial charge < -0.3 is 5.32 Å². The minimum Gasteiger partial charge on any atom is -0.314 e. The van der Waals surface area contributed by atoms with Crippen molar-refractivity contribution in [1.82, 2.24) is 5.32 Å². The van der Waals surface area contributed by atoms with Crippen LogP contribution in [0.25, 0.3) is 0 Å². The molecule has 1 aliphatic heterocycles. The fourth-order valence-corrected chi connectivity index (χ4v) is 3.75. The molecule has 2 fully saturated rings. The normalized spacial score (nSPS) is 42.8. The Morgan fingerprint density at radius 2 is 1.93 bits per heavy atom. The Morgan fingerprint density at radius 3 is 2.67 bits per heavy atom. The molecule has 1 saturated carbocycles. The Bertz CT molecular complexity index is 190. The Kier molecular flexibility index (Phi) is 4.07. The van der Waals surface area contributed by atoms with Gasteiger partial charge in [0.1, 0.15) is 0 Å². The molecule has 88 valence electrons. The molecule has 1 nitrogen and oxygen atoms in total. The average Bonchev–Trinajstić information content (AvgIpc) is 2.29. The fraction of sp³-hybridized carbons (Fsp3) is 1.00. The first-order chi connectivity index (χ1) is 7.31. The molecule has 4 unspecified atom stereocenters. The van der Waals surface area contributed by atoms with Crippen molar-refractivity contribution in [2.24, 2.45) is 17.8 Å². The molecule has 1 aliphatic carbocycles. The van der Waals surface area contributed by atoms with Gasteiger partial charge in [-0.2, -0.15) is 0 Å². The molecule has 0 aromatic rings. The van der Waals surface area contributed by atoms with E-state index in [-0.39, 0.29) is 0 Å². The lowest BCUT2D eigenvalue weighted by atomic mass is 9.71. The van der Waals surface area contributed by atoms with Gasteiger partial charge in [-0.15, -0.1) is 0 Å². The number of nitrogens with one attached hydrogen (secondary N) is 1. The predicted octanol–water partition coefficient (Wildman–Crippen LogP) is 3.59. The molecule has 0 aromatic carbocycles. The van der Waals surface area contributed by atoms with E-state index in [2.05, 4.69) is 19.2 Å². The molecule has 2 aliphatic rings. The van der Waals surface area contributed by atoms with Crippen LogP contribution in [0.4, 0.5) is 0 Å². The third kappa shape index (κ3) is 2.75. The van der Waals surface area contributed by atoms with E-state index in [1.807, 2.05) is 0 Å². The van der Waals surface area contributed by atoms with Crippen LogP contribution < -0.4 is 5.32 Å². The fourth-order valence-electron chi connectivity index (χ4n) is 3.75. The molecule has 0 amide bonds. The highest BCUT2D eigenvalue weighted by Crippen LogP contribution is 2.37. The summed E-state index contributed by atoms with van der Waals surface area (Å²) in [6, 6.07) is 0.846. The predicted molar refractivity (Wildman–Crippen MR) is 65.9 cm³/mol. The van der Waals surface area contributed by atoms with Crippen molar-refractivity contribution in [3.8, 4) is 0 Å². The van der Waals surface area contributed by atoms with Crippen LogP contribution in [0.2, 0.25) is 0 Å². The second-order valence-electron chi connectivity index (χ2n) is 5.81. The summed E-state index contributed by atoms with van der Waals surface area (Å²) in [6.45, 7) is 6.08. The number of rotatable bonds is 2. The van der Waals surface area contributed by atoms with Crippen molar-refractivity contribution >= 4 is 0 Å². The van der Waals surface area contributed by atoms with Crippen molar-refractivity contribution in [3.05, 3.63) is 0 Å². The molecule has 0 aromatic heterocycles. The lowest BCUT2D eigenvalue weighted by molar-refractivity contribution is 0.140. The maximum atomic E-state index is 3.78. The van der Waals surface area contributed by atoms with Crippen LogP contribution in [0, 0.1) is 17.8 Å². The van der Waals surface area contributed by atoms with Gasteiger partial charge in [0.05, 0.1) is 0 Å². The molecule has 1 saturated heterocycles. The van der Waals surface area contributed by atoms with E-state index in [4.69, 9.17) is 0 Å². The molecular formula is C14H27N. The van der Waals surface area contributed by atoms with Crippen LogP contribution in [-0.4, -0.2) is 12.6 Å². The van der Waals surface area contributed by atoms with Gasteiger partial charge in [0.25, 0.3) is 0 Å². The monoisotopic (exact) mass is 209 g/mol. The van der Waals surface area contributed by atoms with Crippen LogP contribution >= 0.6 is 0 Å². The Labute approximate surface area is 95.0 Å². The molecule has 0 spiro atoms. The standard InChI is InChI=1S/C14H27N/c1-3-12-6-4-5-7-13(12)14-10-11(2)8-9-15-14/h11-15H,3-10H2,1-2H3. The van der Waals surface area contributed by atoms with Gasteiger partial charge in [-0.05, 0) is 43.6 Å². The zero-order chi connectivity index (χ0) is 10.7. The molecule has 4 atom stereocenters. The summed E-state index contributed by atoms with van der Waals surface area (Å²) in [5, 5.41) is 3.78. The summed E-state index contributed by atoms with van der Waals surface area (Å²) >= 11 is 0. The minimum atomic E-state index is 0.846. The van der Waals surface area contributed by atoms with Gasteiger partial charge in [0, 0.05) is 6.04 Å². The van der Waals surface area contributed by atoms with Gasteiger partial charge in [0.2, 0.25) is 0 Å². The maximum Gasteiger partial charge on any atom is 0.0100 e. The zero-order valence-corrected chi connectivity index (χ0v) is 10.5. The minimum absolute atomic E-state index is 0.846. The summed E-state index contributed by atoms with van der Waals surface area (Å²) < 4.78 is 0. The summed E-state index contributed by atoms with van der Waals surface area (Å²) in [5.41, 5.74) is 0. The Balaban J connectivity index is 1.94. The van der Waals surface area contributed by atoms with E-state index in [1.165, 1.54) is 51.5 Å². The quantitative estimate of drug-likeness (QED) is 0.733. The molecule has 0 bridgehead atoms. The highest BCUT2D eigenvalue weighted by molar-refractivity contribution is 4.87.